The van der Waals surface area contributed by atoms with Crippen molar-refractivity contribution in [3.05, 3.63) is 34.1 Å². The second-order valence-electron chi connectivity index (χ2n) is 4.13. The summed E-state index contributed by atoms with van der Waals surface area (Å²) in [5.41, 5.74) is 0.136. The molecule has 0 aromatic heterocycles. The van der Waals surface area contributed by atoms with Crippen LogP contribution in [0.1, 0.15) is 30.6 Å². The van der Waals surface area contributed by atoms with Gasteiger partial charge in [0, 0.05) is 15.3 Å². The third-order valence-electron chi connectivity index (χ3n) is 2.67. The summed E-state index contributed by atoms with van der Waals surface area (Å²) >= 11 is 6.56. The molecule has 0 saturated carbocycles. The van der Waals surface area contributed by atoms with E-state index in [1.807, 2.05) is 13.8 Å². The zero-order valence-electron chi connectivity index (χ0n) is 9.69. The van der Waals surface area contributed by atoms with Crippen LogP contribution in [0.2, 0.25) is 0 Å². The van der Waals surface area contributed by atoms with Crippen molar-refractivity contribution in [2.24, 2.45) is 0 Å². The molecule has 0 fully saturated rings. The molecule has 17 heavy (non-hydrogen) atoms. The van der Waals surface area contributed by atoms with Crippen molar-refractivity contribution in [3.8, 4) is 0 Å². The number of benzene rings is 1. The van der Waals surface area contributed by atoms with Crippen LogP contribution in [0.25, 0.3) is 0 Å². The van der Waals surface area contributed by atoms with Gasteiger partial charge in [0.2, 0.25) is 0 Å². The molecule has 1 N–H and O–H groups in total. The van der Waals surface area contributed by atoms with E-state index in [4.69, 9.17) is 0 Å². The highest BCUT2D eigenvalue weighted by atomic mass is 79.9. The van der Waals surface area contributed by atoms with Gasteiger partial charge in [-0.2, -0.15) is 0 Å². The van der Waals surface area contributed by atoms with Crippen molar-refractivity contribution in [1.82, 2.24) is 5.32 Å². The normalized spacial score (nSPS) is 14.2. The zero-order chi connectivity index (χ0) is 13.1. The number of hydrogen-bond acceptors (Lipinski definition) is 1. The van der Waals surface area contributed by atoms with Crippen LogP contribution in [0.3, 0.4) is 0 Å². The van der Waals surface area contributed by atoms with E-state index in [0.29, 0.717) is 15.4 Å². The summed E-state index contributed by atoms with van der Waals surface area (Å²) in [5, 5.41) is 3.60. The first-order valence-electron chi connectivity index (χ1n) is 5.25. The number of carbonyl (C=O) groups excluding carboxylic acids is 1. The molecule has 1 atom stereocenters. The Bertz CT molecular complexity index is 419. The lowest BCUT2D eigenvalue weighted by Gasteiger charge is -2.27. The number of hydrogen-bond donors (Lipinski definition) is 1. The number of alkyl halides is 1. The standard InChI is InChI=1S/C12H14Br2FNO/c1-3-12(2,7-13)16-11(17)9-5-4-8(15)6-10(9)14/h4-6H,3,7H2,1-2H3,(H,16,17). The molecule has 0 saturated heterocycles. The van der Waals surface area contributed by atoms with E-state index in [0.717, 1.165) is 6.42 Å². The van der Waals surface area contributed by atoms with Crippen molar-refractivity contribution in [1.29, 1.82) is 0 Å². The van der Waals surface area contributed by atoms with Crippen molar-refractivity contribution in [2.75, 3.05) is 5.33 Å². The van der Waals surface area contributed by atoms with Crippen LogP contribution in [0.5, 0.6) is 0 Å². The molecule has 94 valence electrons. The smallest absolute Gasteiger partial charge is 0.252 e. The van der Waals surface area contributed by atoms with Crippen molar-refractivity contribution in [3.63, 3.8) is 0 Å². The summed E-state index contributed by atoms with van der Waals surface area (Å²) in [6.45, 7) is 3.96. The van der Waals surface area contributed by atoms with Gasteiger partial charge in [0.25, 0.3) is 5.91 Å². The van der Waals surface area contributed by atoms with E-state index in [2.05, 4.69) is 37.2 Å². The topological polar surface area (TPSA) is 29.1 Å². The Morgan fingerprint density at radius 3 is 2.65 bits per heavy atom. The van der Waals surface area contributed by atoms with Crippen LogP contribution in [0.15, 0.2) is 22.7 Å². The van der Waals surface area contributed by atoms with Crippen LogP contribution >= 0.6 is 31.9 Å². The van der Waals surface area contributed by atoms with E-state index >= 15 is 0 Å². The average molecular weight is 367 g/mol. The third-order valence-corrected chi connectivity index (χ3v) is 4.56. The van der Waals surface area contributed by atoms with Gasteiger partial charge >= 0.3 is 0 Å². The van der Waals surface area contributed by atoms with Gasteiger partial charge in [0.1, 0.15) is 5.82 Å². The Hall–Kier alpha value is -0.420. The molecule has 0 spiro atoms. The monoisotopic (exact) mass is 365 g/mol. The largest absolute Gasteiger partial charge is 0.346 e. The van der Waals surface area contributed by atoms with Gasteiger partial charge < -0.3 is 5.32 Å². The van der Waals surface area contributed by atoms with Crippen LogP contribution in [-0.4, -0.2) is 16.8 Å². The Morgan fingerprint density at radius 1 is 1.53 bits per heavy atom. The highest BCUT2D eigenvalue weighted by molar-refractivity contribution is 9.10. The SMILES string of the molecule is CCC(C)(CBr)NC(=O)c1ccc(F)cc1Br. The Labute approximate surface area is 117 Å². The Balaban J connectivity index is 2.90. The predicted molar refractivity (Wildman–Crippen MR) is 74.1 cm³/mol. The number of halogens is 3. The van der Waals surface area contributed by atoms with E-state index < -0.39 is 0 Å². The van der Waals surface area contributed by atoms with Gasteiger partial charge in [0.15, 0.2) is 0 Å². The molecular formula is C12H14Br2FNO. The predicted octanol–water partition coefficient (Wildman–Crippen LogP) is 3.88. The first kappa shape index (κ1) is 14.6. The number of carbonyl (C=O) groups is 1. The van der Waals surface area contributed by atoms with Gasteiger partial charge in [-0.3, -0.25) is 4.79 Å². The van der Waals surface area contributed by atoms with Gasteiger partial charge in [-0.25, -0.2) is 4.39 Å². The van der Waals surface area contributed by atoms with Crippen molar-refractivity contribution < 1.29 is 9.18 Å². The zero-order valence-corrected chi connectivity index (χ0v) is 12.9. The van der Waals surface area contributed by atoms with Gasteiger partial charge in [-0.1, -0.05) is 22.9 Å². The maximum absolute atomic E-state index is 12.9. The minimum Gasteiger partial charge on any atom is -0.346 e. The van der Waals surface area contributed by atoms with E-state index in [1.165, 1.54) is 18.2 Å². The average Bonchev–Trinajstić information content (AvgIpc) is 2.28. The van der Waals surface area contributed by atoms with E-state index in [1.54, 1.807) is 0 Å². The molecule has 0 radical (unpaired) electrons. The molecule has 1 aromatic carbocycles. The second-order valence-corrected chi connectivity index (χ2v) is 5.54. The minimum absolute atomic E-state index is 0.208. The molecule has 0 aliphatic carbocycles. The van der Waals surface area contributed by atoms with Gasteiger partial charge in [0.05, 0.1) is 5.56 Å². The fourth-order valence-electron chi connectivity index (χ4n) is 1.23. The summed E-state index contributed by atoms with van der Waals surface area (Å²) < 4.78 is 13.4. The maximum Gasteiger partial charge on any atom is 0.252 e. The third kappa shape index (κ3) is 3.78. The molecule has 1 amide bonds. The summed E-state index contributed by atoms with van der Waals surface area (Å²) in [5.74, 6) is -0.576. The van der Waals surface area contributed by atoms with E-state index in [9.17, 15) is 9.18 Å². The number of nitrogens with one attached hydrogen (secondary N) is 1. The summed E-state index contributed by atoms with van der Waals surface area (Å²) in [6, 6.07) is 4.03. The molecular weight excluding hydrogens is 353 g/mol. The number of amides is 1. The molecule has 2 nitrogen and oxygen atoms in total. The first-order chi connectivity index (χ1) is 7.91. The highest BCUT2D eigenvalue weighted by Gasteiger charge is 2.24. The molecule has 0 aliphatic heterocycles. The van der Waals surface area contributed by atoms with E-state index in [-0.39, 0.29) is 17.3 Å². The molecule has 0 heterocycles. The summed E-state index contributed by atoms with van der Waals surface area (Å²) in [6.07, 6.45) is 0.808. The molecule has 0 aliphatic rings. The second kappa shape index (κ2) is 5.96. The lowest BCUT2D eigenvalue weighted by molar-refractivity contribution is 0.0912. The van der Waals surface area contributed by atoms with Crippen LogP contribution in [0.4, 0.5) is 4.39 Å². The first-order valence-corrected chi connectivity index (χ1v) is 7.17. The minimum atomic E-state index is -0.368. The Morgan fingerprint density at radius 2 is 2.18 bits per heavy atom. The van der Waals surface area contributed by atoms with Gasteiger partial charge in [-0.15, -0.1) is 0 Å². The van der Waals surface area contributed by atoms with Crippen molar-refractivity contribution >= 4 is 37.8 Å². The fourth-order valence-corrected chi connectivity index (χ4v) is 2.30. The maximum atomic E-state index is 12.9. The summed E-state index contributed by atoms with van der Waals surface area (Å²) in [7, 11) is 0. The molecule has 1 aromatic rings. The summed E-state index contributed by atoms with van der Waals surface area (Å²) in [4.78, 5) is 12.0. The van der Waals surface area contributed by atoms with Crippen LogP contribution in [-0.2, 0) is 0 Å². The highest BCUT2D eigenvalue weighted by Crippen LogP contribution is 2.20. The fraction of sp³-hybridized carbons (Fsp3) is 0.417. The quantitative estimate of drug-likeness (QED) is 0.805. The molecule has 0 bridgehead atoms. The Kier molecular flexibility index (Phi) is 5.13. The van der Waals surface area contributed by atoms with Crippen LogP contribution in [0, 0.1) is 5.82 Å². The molecule has 5 heteroatoms. The molecule has 1 rings (SSSR count). The van der Waals surface area contributed by atoms with Crippen LogP contribution < -0.4 is 5.32 Å². The molecule has 1 unspecified atom stereocenters. The lowest BCUT2D eigenvalue weighted by Crippen LogP contribution is -2.47. The van der Waals surface area contributed by atoms with Crippen molar-refractivity contribution in [2.45, 2.75) is 25.8 Å². The number of rotatable bonds is 4. The lowest BCUT2D eigenvalue weighted by atomic mass is 10.0. The van der Waals surface area contributed by atoms with Gasteiger partial charge in [-0.05, 0) is 47.5 Å².